The van der Waals surface area contributed by atoms with Gasteiger partial charge in [-0.25, -0.2) is 0 Å². The molecule has 0 aliphatic carbocycles. The second-order valence-corrected chi connectivity index (χ2v) is 9.15. The first-order valence-electron chi connectivity index (χ1n) is 8.75. The van der Waals surface area contributed by atoms with E-state index in [1.807, 2.05) is 23.5 Å². The summed E-state index contributed by atoms with van der Waals surface area (Å²) in [7, 11) is 0. The number of rotatable bonds is 3. The Kier molecular flexibility index (Phi) is 4.91. The second kappa shape index (κ2) is 7.31. The average molecular weight is 363 g/mol. The monoisotopic (exact) mass is 362 g/mol. The largest absolute Gasteiger partial charge is 0.118 e. The average Bonchev–Trinajstić information content (AvgIpc) is 2.65. The summed E-state index contributed by atoms with van der Waals surface area (Å²) in [5, 5.41) is 1.03. The number of fused-ring (bicyclic) bond motifs is 1. The Bertz CT molecular complexity index is 853. The highest BCUT2D eigenvalue weighted by atomic mass is 32.2. The molecule has 0 fully saturated rings. The molecule has 1 aliphatic rings. The summed E-state index contributed by atoms with van der Waals surface area (Å²) in [5.41, 5.74) is 5.67. The Hall–Kier alpha value is -1.64. The van der Waals surface area contributed by atoms with E-state index in [0.717, 1.165) is 0 Å². The summed E-state index contributed by atoms with van der Waals surface area (Å²) in [6, 6.07) is 26.7. The molecule has 1 aliphatic heterocycles. The normalized spacial score (nSPS) is 19.4. The van der Waals surface area contributed by atoms with Gasteiger partial charge in [-0.15, -0.1) is 23.5 Å². The third-order valence-electron chi connectivity index (χ3n) is 4.75. The lowest BCUT2D eigenvalue weighted by atomic mass is 10.0. The molecular weight excluding hydrogens is 340 g/mol. The highest BCUT2D eigenvalue weighted by Gasteiger charge is 2.30. The first-order valence-corrected chi connectivity index (χ1v) is 10.5. The maximum atomic E-state index is 2.32. The zero-order valence-corrected chi connectivity index (χ0v) is 16.2. The van der Waals surface area contributed by atoms with Crippen molar-refractivity contribution < 1.29 is 0 Å². The maximum absolute atomic E-state index is 2.32. The number of thioether (sulfide) groups is 2. The van der Waals surface area contributed by atoms with Gasteiger partial charge in [-0.2, -0.15) is 0 Å². The smallest absolute Gasteiger partial charge is 0.0369 e. The molecule has 0 aromatic heterocycles. The van der Waals surface area contributed by atoms with E-state index in [1.54, 1.807) is 0 Å². The van der Waals surface area contributed by atoms with E-state index in [4.69, 9.17) is 0 Å². The summed E-state index contributed by atoms with van der Waals surface area (Å²) in [6.07, 6.45) is 1.17. The quantitative estimate of drug-likeness (QED) is 0.477. The summed E-state index contributed by atoms with van der Waals surface area (Å²) in [6.45, 7) is 4.39. The first kappa shape index (κ1) is 16.8. The molecule has 0 N–H and O–H groups in total. The van der Waals surface area contributed by atoms with Crippen LogP contribution in [0.3, 0.4) is 0 Å². The fourth-order valence-corrected chi connectivity index (χ4v) is 6.26. The molecule has 0 saturated heterocycles. The molecule has 0 amide bonds. The Morgan fingerprint density at radius 2 is 1.60 bits per heavy atom. The maximum Gasteiger partial charge on any atom is 0.0369 e. The van der Waals surface area contributed by atoms with Crippen LogP contribution in [0.2, 0.25) is 0 Å². The lowest BCUT2D eigenvalue weighted by Crippen LogP contribution is -2.10. The van der Waals surface area contributed by atoms with E-state index in [0.29, 0.717) is 10.5 Å². The Labute approximate surface area is 159 Å². The van der Waals surface area contributed by atoms with Gasteiger partial charge in [-0.05, 0) is 49.1 Å². The van der Waals surface area contributed by atoms with E-state index in [-0.39, 0.29) is 0 Å². The molecular formula is C23H22S2. The molecule has 0 saturated carbocycles. The van der Waals surface area contributed by atoms with E-state index >= 15 is 0 Å². The van der Waals surface area contributed by atoms with E-state index in [9.17, 15) is 0 Å². The van der Waals surface area contributed by atoms with Crippen LogP contribution in [0, 0.1) is 13.8 Å². The second-order valence-electron chi connectivity index (χ2n) is 6.67. The van der Waals surface area contributed by atoms with Gasteiger partial charge in [-0.1, -0.05) is 66.2 Å². The van der Waals surface area contributed by atoms with Gasteiger partial charge in [0.15, 0.2) is 0 Å². The third-order valence-corrected chi connectivity index (χ3v) is 7.57. The van der Waals surface area contributed by atoms with Crippen LogP contribution in [0.15, 0.2) is 82.6 Å². The van der Waals surface area contributed by atoms with Crippen LogP contribution in [0.25, 0.3) is 0 Å². The minimum absolute atomic E-state index is 0.504. The van der Waals surface area contributed by atoms with E-state index in [1.165, 1.54) is 38.5 Å². The Morgan fingerprint density at radius 1 is 0.840 bits per heavy atom. The lowest BCUT2D eigenvalue weighted by Gasteiger charge is -2.32. The lowest BCUT2D eigenvalue weighted by molar-refractivity contribution is 0.752. The zero-order chi connectivity index (χ0) is 17.2. The number of hydrogen-bond donors (Lipinski definition) is 0. The van der Waals surface area contributed by atoms with Crippen molar-refractivity contribution in [3.05, 3.63) is 95.1 Å². The van der Waals surface area contributed by atoms with Gasteiger partial charge in [-0.3, -0.25) is 0 Å². The molecule has 0 unspecified atom stereocenters. The number of aryl methyl sites for hydroxylation is 2. The number of benzene rings is 3. The summed E-state index contributed by atoms with van der Waals surface area (Å²) < 4.78 is 0. The van der Waals surface area contributed by atoms with E-state index < -0.39 is 0 Å². The molecule has 3 aromatic rings. The van der Waals surface area contributed by atoms with Crippen molar-refractivity contribution in [1.82, 2.24) is 0 Å². The van der Waals surface area contributed by atoms with Crippen LogP contribution in [0.5, 0.6) is 0 Å². The highest BCUT2D eigenvalue weighted by Crippen LogP contribution is 2.55. The van der Waals surface area contributed by atoms with Crippen LogP contribution < -0.4 is 0 Å². The molecule has 2 heteroatoms. The fourth-order valence-electron chi connectivity index (χ4n) is 3.37. The highest BCUT2D eigenvalue weighted by molar-refractivity contribution is 8.01. The molecule has 3 aromatic carbocycles. The molecule has 1 heterocycles. The van der Waals surface area contributed by atoms with E-state index in [2.05, 4.69) is 86.6 Å². The van der Waals surface area contributed by atoms with Crippen LogP contribution in [-0.4, -0.2) is 0 Å². The van der Waals surface area contributed by atoms with Gasteiger partial charge in [0.25, 0.3) is 0 Å². The predicted molar refractivity (Wildman–Crippen MR) is 111 cm³/mol. The molecule has 0 spiro atoms. The summed E-state index contributed by atoms with van der Waals surface area (Å²) >= 11 is 4.05. The Morgan fingerprint density at radius 3 is 2.36 bits per heavy atom. The minimum atomic E-state index is 0.504. The van der Waals surface area contributed by atoms with Crippen molar-refractivity contribution in [1.29, 1.82) is 0 Å². The van der Waals surface area contributed by atoms with Crippen molar-refractivity contribution in [2.45, 2.75) is 40.6 Å². The molecule has 25 heavy (non-hydrogen) atoms. The predicted octanol–water partition coefficient (Wildman–Crippen LogP) is 7.37. The molecule has 126 valence electrons. The first-order chi connectivity index (χ1) is 12.2. The van der Waals surface area contributed by atoms with Gasteiger partial charge in [0, 0.05) is 20.3 Å². The minimum Gasteiger partial charge on any atom is -0.118 e. The van der Waals surface area contributed by atoms with Gasteiger partial charge in [0.1, 0.15) is 0 Å². The topological polar surface area (TPSA) is 0 Å². The van der Waals surface area contributed by atoms with Gasteiger partial charge < -0.3 is 0 Å². The molecule has 0 radical (unpaired) electrons. The molecule has 0 nitrogen and oxygen atoms in total. The van der Waals surface area contributed by atoms with Gasteiger partial charge in [0.2, 0.25) is 0 Å². The van der Waals surface area contributed by atoms with Crippen molar-refractivity contribution in [3.63, 3.8) is 0 Å². The third kappa shape index (κ3) is 3.65. The fraction of sp³-hybridized carbons (Fsp3) is 0.217. The number of hydrogen-bond acceptors (Lipinski definition) is 2. The van der Waals surface area contributed by atoms with Gasteiger partial charge >= 0.3 is 0 Å². The van der Waals surface area contributed by atoms with Crippen molar-refractivity contribution in [2.24, 2.45) is 0 Å². The summed E-state index contributed by atoms with van der Waals surface area (Å²) in [5.74, 6) is 0. The SMILES string of the molecule is Cc1ccc(S[C@@H]2C[C@@H](c3ccccc3)Sc3c(C)cccc32)cc1. The molecule has 4 rings (SSSR count). The van der Waals surface area contributed by atoms with Crippen molar-refractivity contribution in [2.75, 3.05) is 0 Å². The van der Waals surface area contributed by atoms with Crippen LogP contribution in [-0.2, 0) is 0 Å². The van der Waals surface area contributed by atoms with Crippen molar-refractivity contribution in [3.8, 4) is 0 Å². The molecule has 0 bridgehead atoms. The van der Waals surface area contributed by atoms with Crippen LogP contribution >= 0.6 is 23.5 Å². The Balaban J connectivity index is 1.69. The standard InChI is InChI=1S/C23H22S2/c1-16-11-13-19(14-12-16)24-22-15-21(18-8-4-3-5-9-18)25-23-17(2)7-6-10-20(22)23/h3-14,21-22H,15H2,1-2H3/t21-,22+/m0/s1. The van der Waals surface area contributed by atoms with Gasteiger partial charge in [0.05, 0.1) is 0 Å². The van der Waals surface area contributed by atoms with Crippen molar-refractivity contribution >= 4 is 23.5 Å². The van der Waals surface area contributed by atoms with Crippen LogP contribution in [0.4, 0.5) is 0 Å². The zero-order valence-electron chi connectivity index (χ0n) is 14.6. The van der Waals surface area contributed by atoms with Crippen LogP contribution in [0.1, 0.15) is 39.2 Å². The summed E-state index contributed by atoms with van der Waals surface area (Å²) in [4.78, 5) is 2.84. The molecule has 2 atom stereocenters.